The van der Waals surface area contributed by atoms with Crippen LogP contribution in [0.1, 0.15) is 5.56 Å². The second kappa shape index (κ2) is 9.93. The molecule has 0 aromatic heterocycles. The van der Waals surface area contributed by atoms with E-state index in [2.05, 4.69) is 0 Å². The molecule has 1 aromatic carbocycles. The minimum Gasteiger partial charge on any atom is -0.369 e. The summed E-state index contributed by atoms with van der Waals surface area (Å²) >= 11 is 0. The molecule has 3 radical (unpaired) electrons. The van der Waals surface area contributed by atoms with E-state index >= 15 is 0 Å². The molecule has 0 heterocycles. The minimum atomic E-state index is -1.50. The summed E-state index contributed by atoms with van der Waals surface area (Å²) in [6.07, 6.45) is 0. The van der Waals surface area contributed by atoms with Gasteiger partial charge in [0.1, 0.15) is 5.56 Å². The largest absolute Gasteiger partial charge is 0.369 e. The molecule has 0 atom stereocenters. The van der Waals surface area contributed by atoms with E-state index in [1.54, 1.807) is 0 Å². The van der Waals surface area contributed by atoms with Crippen LogP contribution in [0.4, 0.5) is 17.1 Å². The maximum Gasteiger partial charge on any atom is 0.291 e. The van der Waals surface area contributed by atoms with Gasteiger partial charge in [-0.05, 0) is 6.92 Å². The predicted octanol–water partition coefficient (Wildman–Crippen LogP) is 1.37. The van der Waals surface area contributed by atoms with Crippen molar-refractivity contribution >= 4 is 34.4 Å². The smallest absolute Gasteiger partial charge is 0.291 e. The molecule has 0 aliphatic rings. The standard InChI is InChI=1S/C7H5N3O6.Al.HNO3.H3N/c1-4-6(9(13)14)2-5(8(11)12)3-7(4)10(15)16;;2-1(3)4;/h2-3H,1H3;;(H,2,3,4);1H3/p+1. The van der Waals surface area contributed by atoms with Crippen LogP contribution in [0.15, 0.2) is 12.1 Å². The third kappa shape index (κ3) is 7.04. The first-order valence-electron chi connectivity index (χ1n) is 4.49. The van der Waals surface area contributed by atoms with Crippen molar-refractivity contribution in [3.05, 3.63) is 58.2 Å². The highest BCUT2D eigenvalue weighted by Crippen LogP contribution is 2.32. The third-order valence-electron chi connectivity index (χ3n) is 1.94. The van der Waals surface area contributed by atoms with E-state index in [4.69, 9.17) is 15.3 Å². The Kier molecular flexibility index (Phi) is 10.9. The molecule has 0 aliphatic heterocycles. The van der Waals surface area contributed by atoms with E-state index in [1.807, 2.05) is 0 Å². The Morgan fingerprint density at radius 2 is 1.14 bits per heavy atom. The van der Waals surface area contributed by atoms with Crippen LogP contribution in [0, 0.1) is 47.4 Å². The molecular formula is C7H10AlN5O9+. The van der Waals surface area contributed by atoms with Gasteiger partial charge in [-0.3, -0.25) is 30.3 Å². The second-order valence-electron chi connectivity index (χ2n) is 3.12. The molecule has 119 valence electrons. The fourth-order valence-electron chi connectivity index (χ4n) is 1.15. The monoisotopic (exact) mass is 335 g/mol. The fraction of sp³-hybridized carbons (Fsp3) is 0.143. The molecule has 22 heavy (non-hydrogen) atoms. The number of hydrogen-bond acceptors (Lipinski definition) is 8. The van der Waals surface area contributed by atoms with Crippen molar-refractivity contribution in [2.45, 2.75) is 6.92 Å². The average Bonchev–Trinajstić information content (AvgIpc) is 2.27. The van der Waals surface area contributed by atoms with Crippen LogP contribution in [0.3, 0.4) is 0 Å². The number of nitro benzene ring substituents is 3. The fourth-order valence-corrected chi connectivity index (χ4v) is 1.15. The zero-order valence-electron chi connectivity index (χ0n) is 11.2. The molecule has 1 rings (SSSR count). The third-order valence-corrected chi connectivity index (χ3v) is 1.94. The van der Waals surface area contributed by atoms with Crippen LogP contribution in [-0.2, 0) is 0 Å². The number of non-ortho nitro benzene ring substituents is 1. The molecule has 0 fully saturated rings. The first-order valence-corrected chi connectivity index (χ1v) is 4.49. The Morgan fingerprint density at radius 1 is 0.864 bits per heavy atom. The van der Waals surface area contributed by atoms with Crippen LogP contribution in [0.5, 0.6) is 0 Å². The van der Waals surface area contributed by atoms with Gasteiger partial charge in [-0.2, -0.15) is 0 Å². The summed E-state index contributed by atoms with van der Waals surface area (Å²) in [6.45, 7) is 1.17. The summed E-state index contributed by atoms with van der Waals surface area (Å²) in [5.74, 6) is 0. The van der Waals surface area contributed by atoms with Gasteiger partial charge in [-0.25, -0.2) is 0 Å². The SMILES string of the molecule is Cc1c([N+](=O)[O-])cc([N+](=O)[O-])cc1[N+](=O)[O-].O=[N+]([O-])O.[Al].[NH4+]. The number of quaternary nitrogens is 1. The topological polar surface area (TPSA) is 229 Å². The molecule has 0 unspecified atom stereocenters. The van der Waals surface area contributed by atoms with Gasteiger partial charge in [-0.1, -0.05) is 0 Å². The molecular weight excluding hydrogens is 325 g/mol. The van der Waals surface area contributed by atoms with Crippen molar-refractivity contribution in [2.24, 2.45) is 0 Å². The van der Waals surface area contributed by atoms with Gasteiger partial charge < -0.3 is 11.4 Å². The van der Waals surface area contributed by atoms with Gasteiger partial charge in [0.2, 0.25) is 0 Å². The molecule has 0 saturated heterocycles. The first-order chi connectivity index (χ1) is 9.07. The minimum absolute atomic E-state index is 0. The zero-order chi connectivity index (χ0) is 16.0. The van der Waals surface area contributed by atoms with Crippen molar-refractivity contribution in [3.8, 4) is 0 Å². The summed E-state index contributed by atoms with van der Waals surface area (Å²) in [4.78, 5) is 37.1. The van der Waals surface area contributed by atoms with Crippen molar-refractivity contribution in [1.29, 1.82) is 0 Å². The highest BCUT2D eigenvalue weighted by atomic mass is 27.0. The summed E-state index contributed by atoms with van der Waals surface area (Å²) in [5.41, 5.74) is -2.16. The number of nitrogens with zero attached hydrogens (tertiary/aromatic N) is 4. The van der Waals surface area contributed by atoms with Gasteiger partial charge in [0.05, 0.1) is 26.9 Å². The zero-order valence-corrected chi connectivity index (χ0v) is 12.4. The van der Waals surface area contributed by atoms with E-state index in [9.17, 15) is 30.3 Å². The number of rotatable bonds is 3. The van der Waals surface area contributed by atoms with Gasteiger partial charge >= 0.3 is 0 Å². The highest BCUT2D eigenvalue weighted by molar-refractivity contribution is 5.75. The van der Waals surface area contributed by atoms with E-state index in [0.29, 0.717) is 12.1 Å². The molecule has 0 aliphatic carbocycles. The quantitative estimate of drug-likeness (QED) is 0.460. The van der Waals surface area contributed by atoms with E-state index in [0.717, 1.165) is 0 Å². The molecule has 0 spiro atoms. The first kappa shape index (κ1) is 24.2. The average molecular weight is 335 g/mol. The molecule has 0 bridgehead atoms. The van der Waals surface area contributed by atoms with Crippen molar-refractivity contribution in [1.82, 2.24) is 6.15 Å². The van der Waals surface area contributed by atoms with Gasteiger partial charge in [0, 0.05) is 17.4 Å². The van der Waals surface area contributed by atoms with Crippen molar-refractivity contribution < 1.29 is 25.1 Å². The maximum absolute atomic E-state index is 10.5. The summed E-state index contributed by atoms with van der Waals surface area (Å²) in [6, 6.07) is 1.39. The molecule has 14 nitrogen and oxygen atoms in total. The highest BCUT2D eigenvalue weighted by Gasteiger charge is 2.27. The lowest BCUT2D eigenvalue weighted by molar-refractivity contribution is -0.742. The number of benzene rings is 1. The lowest BCUT2D eigenvalue weighted by Crippen LogP contribution is -2.00. The summed E-state index contributed by atoms with van der Waals surface area (Å²) in [7, 11) is 0. The number of nitro groups is 3. The molecule has 5 N–H and O–H groups in total. The van der Waals surface area contributed by atoms with E-state index in [-0.39, 0.29) is 29.1 Å². The van der Waals surface area contributed by atoms with Gasteiger partial charge in [0.15, 0.2) is 0 Å². The van der Waals surface area contributed by atoms with Crippen LogP contribution < -0.4 is 6.15 Å². The Bertz CT molecular complexity index is 553. The maximum atomic E-state index is 10.5. The lowest BCUT2D eigenvalue weighted by atomic mass is 10.1. The number of hydrogen-bond donors (Lipinski definition) is 2. The van der Waals surface area contributed by atoms with E-state index in [1.165, 1.54) is 6.92 Å². The lowest BCUT2D eigenvalue weighted by Gasteiger charge is -1.99. The normalized spacial score (nSPS) is 8.23. The van der Waals surface area contributed by atoms with Crippen molar-refractivity contribution in [3.63, 3.8) is 0 Å². The molecule has 1 aromatic rings. The second-order valence-corrected chi connectivity index (χ2v) is 3.12. The molecule has 15 heteroatoms. The molecule has 0 amide bonds. The Hall–Kier alpha value is -2.89. The van der Waals surface area contributed by atoms with Gasteiger partial charge in [-0.15, -0.1) is 10.1 Å². The molecule has 0 saturated carbocycles. The summed E-state index contributed by atoms with van der Waals surface area (Å²) in [5, 5.41) is 45.1. The van der Waals surface area contributed by atoms with Crippen LogP contribution in [0.25, 0.3) is 0 Å². The Morgan fingerprint density at radius 3 is 1.32 bits per heavy atom. The van der Waals surface area contributed by atoms with Crippen LogP contribution in [0.2, 0.25) is 0 Å². The van der Waals surface area contributed by atoms with Gasteiger partial charge in [0.25, 0.3) is 22.1 Å². The van der Waals surface area contributed by atoms with Crippen LogP contribution in [-0.4, -0.2) is 42.4 Å². The Labute approximate surface area is 131 Å². The predicted molar refractivity (Wildman–Crippen MR) is 71.7 cm³/mol. The van der Waals surface area contributed by atoms with Crippen LogP contribution >= 0.6 is 0 Å². The van der Waals surface area contributed by atoms with Crippen molar-refractivity contribution in [2.75, 3.05) is 0 Å². The Balaban J connectivity index is -0.000000538. The van der Waals surface area contributed by atoms with E-state index < -0.39 is 36.9 Å². The summed E-state index contributed by atoms with van der Waals surface area (Å²) < 4.78 is 0.